The first kappa shape index (κ1) is 15.4. The third kappa shape index (κ3) is 2.25. The first-order valence-electron chi connectivity index (χ1n) is 6.43. The molecule has 23 heavy (non-hydrogen) atoms. The number of amides is 1. The molecule has 1 amide bonds. The van der Waals surface area contributed by atoms with Gasteiger partial charge in [-0.15, -0.1) is 0 Å². The lowest BCUT2D eigenvalue weighted by molar-refractivity contribution is 0.100. The van der Waals surface area contributed by atoms with E-state index in [1.807, 2.05) is 0 Å². The standard InChI is InChI=1S/C14H11Cl2N5O2/c1-5-19-4-6-9(13(18)23)12(17)21(14(6)20-5)11-7(15)2-3-8(22)10(11)16/h2-4,22H,17H2,1H3,(H2,18,23). The van der Waals surface area contributed by atoms with Crippen molar-refractivity contribution in [3.63, 3.8) is 0 Å². The van der Waals surface area contributed by atoms with Crippen LogP contribution in [0.15, 0.2) is 18.3 Å². The van der Waals surface area contributed by atoms with E-state index in [0.717, 1.165) is 0 Å². The van der Waals surface area contributed by atoms with Gasteiger partial charge < -0.3 is 16.6 Å². The fraction of sp³-hybridized carbons (Fsp3) is 0.0714. The van der Waals surface area contributed by atoms with Crippen LogP contribution in [0.25, 0.3) is 16.7 Å². The molecule has 0 saturated heterocycles. The zero-order chi connectivity index (χ0) is 16.9. The zero-order valence-corrected chi connectivity index (χ0v) is 13.4. The number of rotatable bonds is 2. The van der Waals surface area contributed by atoms with Gasteiger partial charge in [0.25, 0.3) is 5.91 Å². The summed E-state index contributed by atoms with van der Waals surface area (Å²) in [6.07, 6.45) is 1.45. The van der Waals surface area contributed by atoms with Gasteiger partial charge in [-0.25, -0.2) is 9.97 Å². The maximum Gasteiger partial charge on any atom is 0.253 e. The number of carbonyl (C=O) groups is 1. The number of nitrogens with two attached hydrogens (primary N) is 2. The molecule has 118 valence electrons. The van der Waals surface area contributed by atoms with Crippen molar-refractivity contribution in [3.8, 4) is 11.4 Å². The Morgan fingerprint density at radius 3 is 2.70 bits per heavy atom. The molecule has 3 aromatic rings. The van der Waals surface area contributed by atoms with Crippen LogP contribution in [0.1, 0.15) is 16.2 Å². The van der Waals surface area contributed by atoms with Gasteiger partial charge in [0.2, 0.25) is 0 Å². The molecule has 2 aromatic heterocycles. The van der Waals surface area contributed by atoms with Crippen molar-refractivity contribution in [3.05, 3.63) is 39.8 Å². The molecule has 0 spiro atoms. The number of anilines is 1. The van der Waals surface area contributed by atoms with E-state index in [9.17, 15) is 9.90 Å². The number of aromatic nitrogens is 3. The number of benzene rings is 1. The Kier molecular flexibility index (Phi) is 3.54. The Labute approximate surface area is 140 Å². The molecule has 0 bridgehead atoms. The number of hydrogen-bond donors (Lipinski definition) is 3. The number of nitrogens with zero attached hydrogens (tertiary/aromatic N) is 3. The molecule has 9 heteroatoms. The van der Waals surface area contributed by atoms with E-state index in [1.54, 1.807) is 6.92 Å². The molecule has 0 aliphatic carbocycles. The summed E-state index contributed by atoms with van der Waals surface area (Å²) >= 11 is 12.4. The van der Waals surface area contributed by atoms with Crippen molar-refractivity contribution in [2.24, 2.45) is 5.73 Å². The van der Waals surface area contributed by atoms with E-state index < -0.39 is 5.91 Å². The molecule has 0 aliphatic rings. The number of nitrogen functional groups attached to an aromatic ring is 1. The minimum atomic E-state index is -0.730. The Morgan fingerprint density at radius 2 is 2.04 bits per heavy atom. The van der Waals surface area contributed by atoms with Gasteiger partial charge in [0.15, 0.2) is 5.65 Å². The van der Waals surface area contributed by atoms with E-state index in [4.69, 9.17) is 34.7 Å². The second-order valence-corrected chi connectivity index (χ2v) is 5.63. The summed E-state index contributed by atoms with van der Waals surface area (Å²) in [5.41, 5.74) is 12.1. The second kappa shape index (κ2) is 5.29. The lowest BCUT2D eigenvalue weighted by atomic mass is 10.2. The van der Waals surface area contributed by atoms with Crippen molar-refractivity contribution in [1.29, 1.82) is 0 Å². The molecule has 0 fully saturated rings. The summed E-state index contributed by atoms with van der Waals surface area (Å²) in [6.45, 7) is 1.68. The normalized spacial score (nSPS) is 11.1. The van der Waals surface area contributed by atoms with Crippen LogP contribution in [0.4, 0.5) is 5.82 Å². The first-order chi connectivity index (χ1) is 10.8. The SMILES string of the molecule is Cc1ncc2c(C(N)=O)c(N)n(-c3c(Cl)ccc(O)c3Cl)c2n1. The first-order valence-corrected chi connectivity index (χ1v) is 7.19. The van der Waals surface area contributed by atoms with Gasteiger partial charge in [-0.1, -0.05) is 23.2 Å². The van der Waals surface area contributed by atoms with Gasteiger partial charge in [-0.2, -0.15) is 0 Å². The summed E-state index contributed by atoms with van der Waals surface area (Å²) in [6, 6.07) is 2.81. The number of aryl methyl sites for hydroxylation is 1. The predicted molar refractivity (Wildman–Crippen MR) is 88.2 cm³/mol. The predicted octanol–water partition coefficient (Wildman–Crippen LogP) is 2.42. The topological polar surface area (TPSA) is 120 Å². The number of carbonyl (C=O) groups excluding carboxylic acids is 1. The number of primary amides is 1. The van der Waals surface area contributed by atoms with E-state index in [-0.39, 0.29) is 32.9 Å². The van der Waals surface area contributed by atoms with E-state index >= 15 is 0 Å². The van der Waals surface area contributed by atoms with Crippen molar-refractivity contribution >= 4 is 46.0 Å². The van der Waals surface area contributed by atoms with Gasteiger partial charge in [0.05, 0.1) is 21.7 Å². The van der Waals surface area contributed by atoms with Crippen LogP contribution < -0.4 is 11.5 Å². The number of halogens is 2. The van der Waals surface area contributed by atoms with E-state index in [2.05, 4.69) is 9.97 Å². The highest BCUT2D eigenvalue weighted by atomic mass is 35.5. The maximum atomic E-state index is 11.8. The Morgan fingerprint density at radius 1 is 1.35 bits per heavy atom. The molecule has 2 heterocycles. The lowest BCUT2D eigenvalue weighted by Crippen LogP contribution is -2.13. The molecule has 0 aliphatic heterocycles. The van der Waals surface area contributed by atoms with Crippen LogP contribution in [0.3, 0.4) is 0 Å². The minimum Gasteiger partial charge on any atom is -0.506 e. The van der Waals surface area contributed by atoms with Crippen molar-refractivity contribution < 1.29 is 9.90 Å². The van der Waals surface area contributed by atoms with Gasteiger partial charge in [0.1, 0.15) is 22.4 Å². The fourth-order valence-corrected chi connectivity index (χ4v) is 2.93. The number of phenolic OH excluding ortho intramolecular Hbond substituents is 1. The molecule has 5 N–H and O–H groups in total. The summed E-state index contributed by atoms with van der Waals surface area (Å²) in [4.78, 5) is 20.1. The Balaban J connectivity index is 2.53. The summed E-state index contributed by atoms with van der Waals surface area (Å²) < 4.78 is 1.38. The van der Waals surface area contributed by atoms with E-state index in [1.165, 1.54) is 22.9 Å². The van der Waals surface area contributed by atoms with Crippen LogP contribution in [-0.4, -0.2) is 25.5 Å². The molecule has 0 radical (unpaired) electrons. The number of hydrogen-bond acceptors (Lipinski definition) is 5. The number of aromatic hydroxyl groups is 1. The van der Waals surface area contributed by atoms with Crippen LogP contribution >= 0.6 is 23.2 Å². The molecule has 7 nitrogen and oxygen atoms in total. The van der Waals surface area contributed by atoms with Crippen molar-refractivity contribution in [1.82, 2.24) is 14.5 Å². The third-order valence-electron chi connectivity index (χ3n) is 3.38. The summed E-state index contributed by atoms with van der Waals surface area (Å²) in [5.74, 6) is -0.439. The van der Waals surface area contributed by atoms with Crippen LogP contribution in [0.5, 0.6) is 5.75 Å². The molecular weight excluding hydrogens is 341 g/mol. The smallest absolute Gasteiger partial charge is 0.253 e. The molecular formula is C14H11Cl2N5O2. The average Bonchev–Trinajstić information content (AvgIpc) is 2.76. The fourth-order valence-electron chi connectivity index (χ4n) is 2.39. The molecule has 0 saturated carbocycles. The summed E-state index contributed by atoms with van der Waals surface area (Å²) in [7, 11) is 0. The quantitative estimate of drug-likeness (QED) is 0.654. The highest BCUT2D eigenvalue weighted by Crippen LogP contribution is 2.40. The maximum absolute atomic E-state index is 11.8. The monoisotopic (exact) mass is 351 g/mol. The van der Waals surface area contributed by atoms with Crippen molar-refractivity contribution in [2.45, 2.75) is 6.92 Å². The highest BCUT2D eigenvalue weighted by Gasteiger charge is 2.25. The summed E-state index contributed by atoms with van der Waals surface area (Å²) in [5, 5.41) is 10.4. The molecule has 1 aromatic carbocycles. The lowest BCUT2D eigenvalue weighted by Gasteiger charge is -2.12. The molecule has 0 unspecified atom stereocenters. The van der Waals surface area contributed by atoms with Gasteiger partial charge in [-0.05, 0) is 19.1 Å². The Bertz CT molecular complexity index is 968. The van der Waals surface area contributed by atoms with Gasteiger partial charge in [0, 0.05) is 6.20 Å². The van der Waals surface area contributed by atoms with Crippen LogP contribution in [0.2, 0.25) is 10.0 Å². The second-order valence-electron chi connectivity index (χ2n) is 4.84. The zero-order valence-electron chi connectivity index (χ0n) is 11.8. The van der Waals surface area contributed by atoms with Crippen LogP contribution in [-0.2, 0) is 0 Å². The number of fused-ring (bicyclic) bond motifs is 1. The van der Waals surface area contributed by atoms with Gasteiger partial charge >= 0.3 is 0 Å². The Hall–Kier alpha value is -2.51. The molecule has 0 atom stereocenters. The number of phenols is 1. The van der Waals surface area contributed by atoms with Gasteiger partial charge in [-0.3, -0.25) is 9.36 Å². The highest BCUT2D eigenvalue weighted by molar-refractivity contribution is 6.39. The van der Waals surface area contributed by atoms with Crippen molar-refractivity contribution in [2.75, 3.05) is 5.73 Å². The van der Waals surface area contributed by atoms with E-state index in [0.29, 0.717) is 16.9 Å². The largest absolute Gasteiger partial charge is 0.506 e. The minimum absolute atomic E-state index is 0.0156. The average molecular weight is 352 g/mol. The van der Waals surface area contributed by atoms with Crippen LogP contribution in [0, 0.1) is 6.92 Å². The third-order valence-corrected chi connectivity index (χ3v) is 4.06. The molecule has 3 rings (SSSR count).